The number of aromatic hydroxyl groups is 1. The molecule has 0 aliphatic carbocycles. The van der Waals surface area contributed by atoms with E-state index in [0.29, 0.717) is 22.2 Å². The van der Waals surface area contributed by atoms with Gasteiger partial charge in [-0.3, -0.25) is 9.59 Å². The average Bonchev–Trinajstić information content (AvgIpc) is 3.14. The molecule has 2 aromatic heterocycles. The highest BCUT2D eigenvalue weighted by Crippen LogP contribution is 2.36. The van der Waals surface area contributed by atoms with Crippen molar-refractivity contribution in [2.24, 2.45) is 0 Å². The number of carbonyl (C=O) groups is 2. The van der Waals surface area contributed by atoms with E-state index in [-0.39, 0.29) is 17.3 Å². The number of carboxylic acids is 1. The summed E-state index contributed by atoms with van der Waals surface area (Å²) in [6, 6.07) is 16.9. The molecule has 3 N–H and O–H groups in total. The molecule has 0 unspecified atom stereocenters. The molecule has 0 atom stereocenters. The van der Waals surface area contributed by atoms with E-state index in [4.69, 9.17) is 5.11 Å². The van der Waals surface area contributed by atoms with Crippen LogP contribution in [0.5, 0.6) is 5.75 Å². The van der Waals surface area contributed by atoms with Gasteiger partial charge in [0.1, 0.15) is 12.4 Å². The molecule has 7 nitrogen and oxygen atoms in total. The monoisotopic (exact) mass is 405 g/mol. The lowest BCUT2D eigenvalue weighted by Gasteiger charge is -2.11. The Morgan fingerprint density at radius 2 is 1.77 bits per heavy atom. The van der Waals surface area contributed by atoms with Crippen LogP contribution in [-0.2, 0) is 4.79 Å². The fraction of sp³-hybridized carbons (Fsp3) is 0.0455. The minimum Gasteiger partial charge on any atom is -0.505 e. The molecule has 150 valence electrons. The minimum absolute atomic E-state index is 0.278. The van der Waals surface area contributed by atoms with Gasteiger partial charge in [-0.25, -0.2) is 9.37 Å². The molecule has 1 amide bonds. The zero-order valence-corrected chi connectivity index (χ0v) is 15.5. The number of nitrogens with one attached hydrogen (secondary N) is 1. The lowest BCUT2D eigenvalue weighted by atomic mass is 10.1. The number of rotatable bonds is 5. The minimum atomic E-state index is -1.21. The number of pyridine rings is 1. The predicted octanol–water partition coefficient (Wildman–Crippen LogP) is 3.35. The second-order valence-electron chi connectivity index (χ2n) is 6.54. The van der Waals surface area contributed by atoms with E-state index in [0.717, 1.165) is 5.69 Å². The van der Waals surface area contributed by atoms with Crippen molar-refractivity contribution in [1.82, 2.24) is 14.9 Å². The van der Waals surface area contributed by atoms with E-state index in [1.165, 1.54) is 18.3 Å². The molecule has 4 aromatic rings. The number of aliphatic carboxylic acids is 1. The molecule has 2 heterocycles. The highest BCUT2D eigenvalue weighted by molar-refractivity contribution is 6.03. The fourth-order valence-electron chi connectivity index (χ4n) is 3.25. The average molecular weight is 405 g/mol. The first kappa shape index (κ1) is 19.1. The summed E-state index contributed by atoms with van der Waals surface area (Å²) in [7, 11) is 0. The SMILES string of the molecule is O=C(O)CNC(=O)c1ncc2c(cc(-c3ccc(F)cc3)n2-c2ccccc2)c1O. The van der Waals surface area contributed by atoms with Gasteiger partial charge < -0.3 is 20.1 Å². The van der Waals surface area contributed by atoms with Gasteiger partial charge in [0.2, 0.25) is 0 Å². The molecule has 8 heteroatoms. The predicted molar refractivity (Wildman–Crippen MR) is 108 cm³/mol. The van der Waals surface area contributed by atoms with Crippen LogP contribution in [0.15, 0.2) is 66.9 Å². The van der Waals surface area contributed by atoms with E-state index in [1.54, 1.807) is 18.2 Å². The highest BCUT2D eigenvalue weighted by Gasteiger charge is 2.21. The van der Waals surface area contributed by atoms with Gasteiger partial charge in [-0.15, -0.1) is 0 Å². The van der Waals surface area contributed by atoms with Crippen molar-refractivity contribution in [2.45, 2.75) is 0 Å². The largest absolute Gasteiger partial charge is 0.505 e. The van der Waals surface area contributed by atoms with Crippen molar-refractivity contribution < 1.29 is 24.2 Å². The summed E-state index contributed by atoms with van der Waals surface area (Å²) in [4.78, 5) is 27.0. The second kappa shape index (κ2) is 7.67. The van der Waals surface area contributed by atoms with Crippen LogP contribution in [0.3, 0.4) is 0 Å². The summed E-state index contributed by atoms with van der Waals surface area (Å²) >= 11 is 0. The van der Waals surface area contributed by atoms with Crippen LogP contribution in [0.1, 0.15) is 10.5 Å². The molecule has 0 aliphatic heterocycles. The molecule has 0 saturated heterocycles. The van der Waals surface area contributed by atoms with E-state index in [2.05, 4.69) is 10.3 Å². The van der Waals surface area contributed by atoms with E-state index in [1.807, 2.05) is 34.9 Å². The molecule has 30 heavy (non-hydrogen) atoms. The third-order valence-corrected chi connectivity index (χ3v) is 4.60. The molecule has 2 aromatic carbocycles. The Bertz CT molecular complexity index is 1250. The third-order valence-electron chi connectivity index (χ3n) is 4.60. The molecule has 0 saturated carbocycles. The number of benzene rings is 2. The van der Waals surface area contributed by atoms with Crippen molar-refractivity contribution in [3.05, 3.63) is 78.4 Å². The first-order valence-corrected chi connectivity index (χ1v) is 9.00. The number of fused-ring (bicyclic) bond motifs is 1. The standard InChI is InChI=1S/C22H16FN3O4/c23-14-8-6-13(7-9-14)17-10-16-18(26(17)15-4-2-1-3-5-15)11-24-20(21(16)29)22(30)25-12-19(27)28/h1-11,29H,12H2,(H,25,30)(H,27,28). The van der Waals surface area contributed by atoms with Gasteiger partial charge in [-0.2, -0.15) is 0 Å². The van der Waals surface area contributed by atoms with Crippen molar-refractivity contribution in [2.75, 3.05) is 6.54 Å². The third kappa shape index (κ3) is 3.46. The van der Waals surface area contributed by atoms with Crippen molar-refractivity contribution in [3.63, 3.8) is 0 Å². The number of carbonyl (C=O) groups excluding carboxylic acids is 1. The summed E-state index contributed by atoms with van der Waals surface area (Å²) in [5.41, 5.74) is 2.41. The van der Waals surface area contributed by atoms with Crippen molar-refractivity contribution >= 4 is 22.8 Å². The van der Waals surface area contributed by atoms with Crippen LogP contribution in [0.2, 0.25) is 0 Å². The van der Waals surface area contributed by atoms with Crippen LogP contribution in [0.25, 0.3) is 27.8 Å². The van der Waals surface area contributed by atoms with Gasteiger partial charge in [-0.1, -0.05) is 18.2 Å². The Morgan fingerprint density at radius 3 is 2.43 bits per heavy atom. The van der Waals surface area contributed by atoms with Crippen molar-refractivity contribution in [3.8, 4) is 22.7 Å². The Kier molecular flexibility index (Phi) is 4.89. The summed E-state index contributed by atoms with van der Waals surface area (Å²) in [5.74, 6) is -2.75. The number of hydrogen-bond donors (Lipinski definition) is 3. The molecular formula is C22H16FN3O4. The smallest absolute Gasteiger partial charge is 0.322 e. The number of amides is 1. The maximum absolute atomic E-state index is 13.4. The van der Waals surface area contributed by atoms with Gasteiger partial charge in [0.25, 0.3) is 5.91 Å². The maximum Gasteiger partial charge on any atom is 0.322 e. The zero-order valence-electron chi connectivity index (χ0n) is 15.5. The molecule has 0 radical (unpaired) electrons. The highest BCUT2D eigenvalue weighted by atomic mass is 19.1. The Balaban J connectivity index is 1.92. The molecule has 4 rings (SSSR count). The summed E-state index contributed by atoms with van der Waals surface area (Å²) in [6.07, 6.45) is 1.44. The van der Waals surface area contributed by atoms with Crippen LogP contribution in [0.4, 0.5) is 4.39 Å². The molecule has 0 bridgehead atoms. The van der Waals surface area contributed by atoms with Crippen LogP contribution >= 0.6 is 0 Å². The molecule has 0 aliphatic rings. The topological polar surface area (TPSA) is 104 Å². The Hall–Kier alpha value is -4.20. The lowest BCUT2D eigenvalue weighted by molar-refractivity contribution is -0.135. The van der Waals surface area contributed by atoms with E-state index >= 15 is 0 Å². The van der Waals surface area contributed by atoms with Gasteiger partial charge in [-0.05, 0) is 48.0 Å². The quantitative estimate of drug-likeness (QED) is 0.472. The van der Waals surface area contributed by atoms with Gasteiger partial charge in [0, 0.05) is 11.1 Å². The van der Waals surface area contributed by atoms with Crippen LogP contribution in [0, 0.1) is 5.82 Å². The second-order valence-corrected chi connectivity index (χ2v) is 6.54. The first-order valence-electron chi connectivity index (χ1n) is 9.00. The number of nitrogens with zero attached hydrogens (tertiary/aromatic N) is 2. The Morgan fingerprint density at radius 1 is 1.07 bits per heavy atom. The van der Waals surface area contributed by atoms with Crippen LogP contribution in [-0.4, -0.2) is 38.2 Å². The van der Waals surface area contributed by atoms with Gasteiger partial charge in [0.05, 0.1) is 17.4 Å². The summed E-state index contributed by atoms with van der Waals surface area (Å²) < 4.78 is 15.3. The van der Waals surface area contributed by atoms with Gasteiger partial charge >= 0.3 is 5.97 Å². The van der Waals surface area contributed by atoms with Crippen molar-refractivity contribution in [1.29, 1.82) is 0 Å². The number of aromatic nitrogens is 2. The number of hydrogen-bond acceptors (Lipinski definition) is 4. The molecule has 0 spiro atoms. The number of carboxylic acid groups (broad SMARTS) is 1. The fourth-order valence-corrected chi connectivity index (χ4v) is 3.25. The Labute approximate surface area is 170 Å². The normalized spacial score (nSPS) is 10.8. The first-order chi connectivity index (χ1) is 14.5. The number of halogens is 1. The lowest BCUT2D eigenvalue weighted by Crippen LogP contribution is -2.29. The zero-order chi connectivity index (χ0) is 21.3. The molecular weight excluding hydrogens is 389 g/mol. The van der Waals surface area contributed by atoms with E-state index in [9.17, 15) is 19.1 Å². The summed E-state index contributed by atoms with van der Waals surface area (Å²) in [6.45, 7) is -0.593. The van der Waals surface area contributed by atoms with Gasteiger partial charge in [0.15, 0.2) is 11.4 Å². The van der Waals surface area contributed by atoms with Crippen LogP contribution < -0.4 is 5.32 Å². The summed E-state index contributed by atoms with van der Waals surface area (Å²) in [5, 5.41) is 22.0. The van der Waals surface area contributed by atoms with E-state index < -0.39 is 18.4 Å². The number of para-hydroxylation sites is 1. The maximum atomic E-state index is 13.4. The molecule has 0 fully saturated rings.